The van der Waals surface area contributed by atoms with Gasteiger partial charge in [0.25, 0.3) is 0 Å². The van der Waals surface area contributed by atoms with E-state index in [0.717, 1.165) is 35.6 Å². The molecule has 0 aliphatic heterocycles. The first-order valence-electron chi connectivity index (χ1n) is 19.2. The summed E-state index contributed by atoms with van der Waals surface area (Å²) in [4.78, 5) is 3.07. The summed E-state index contributed by atoms with van der Waals surface area (Å²) in [6, 6.07) is 1.47. The summed E-state index contributed by atoms with van der Waals surface area (Å²) in [6.07, 6.45) is 52.7. The van der Waals surface area contributed by atoms with Crippen molar-refractivity contribution < 1.29 is 0 Å². The van der Waals surface area contributed by atoms with Gasteiger partial charge in [0.15, 0.2) is 0 Å². The fourth-order valence-electron chi connectivity index (χ4n) is 10.5. The summed E-state index contributed by atoms with van der Waals surface area (Å²) in [7, 11) is 0. The van der Waals surface area contributed by atoms with Crippen molar-refractivity contribution in [2.75, 3.05) is 0 Å². The number of nitrogens with zero attached hydrogens (tertiary/aromatic N) is 1. The summed E-state index contributed by atoms with van der Waals surface area (Å²) >= 11 is 0. The molecule has 0 bridgehead atoms. The van der Waals surface area contributed by atoms with Crippen LogP contribution < -0.4 is 0 Å². The van der Waals surface area contributed by atoms with Crippen LogP contribution in [0.3, 0.4) is 0 Å². The zero-order valence-corrected chi connectivity index (χ0v) is 27.4. The molecule has 0 aromatic rings. The van der Waals surface area contributed by atoms with Gasteiger partial charge in [-0.05, 0) is 145 Å². The number of hydrogen-bond acceptors (Lipinski definition) is 1. The summed E-state index contributed by atoms with van der Waals surface area (Å²) in [5.41, 5.74) is 7.14. The van der Waals surface area contributed by atoms with Crippen LogP contribution in [0.15, 0.2) is 71.0 Å². The molecule has 1 nitrogen and oxygen atoms in total. The molecule has 234 valence electrons. The van der Waals surface area contributed by atoms with Crippen LogP contribution in [0, 0.1) is 29.6 Å². The molecule has 5 atom stereocenters. The fraction of sp³-hybridized carbons (Fsp3) is 0.714. The van der Waals surface area contributed by atoms with E-state index in [1.165, 1.54) is 148 Å². The molecule has 7 aliphatic rings. The summed E-state index contributed by atoms with van der Waals surface area (Å²) in [6.45, 7) is 0. The molecule has 5 unspecified atom stereocenters. The molecule has 0 saturated heterocycles. The Balaban J connectivity index is 1.10. The van der Waals surface area contributed by atoms with Gasteiger partial charge in [-0.25, -0.2) is 0 Å². The molecule has 7 rings (SSSR count). The Morgan fingerprint density at radius 1 is 0.512 bits per heavy atom. The van der Waals surface area contributed by atoms with Crippen LogP contribution in [-0.4, -0.2) is 17.0 Å². The summed E-state index contributed by atoms with van der Waals surface area (Å²) in [5.74, 6) is 4.14. The molecule has 0 N–H and O–H groups in total. The van der Waals surface area contributed by atoms with E-state index < -0.39 is 0 Å². The van der Waals surface area contributed by atoms with E-state index in [2.05, 4.69) is 53.5 Å². The van der Waals surface area contributed by atoms with Gasteiger partial charge < -0.3 is 4.90 Å². The van der Waals surface area contributed by atoms with Crippen molar-refractivity contribution in [3.8, 4) is 0 Å². The lowest BCUT2D eigenvalue weighted by Crippen LogP contribution is -2.45. The van der Waals surface area contributed by atoms with Crippen LogP contribution in [0.25, 0.3) is 0 Å². The van der Waals surface area contributed by atoms with E-state index in [-0.39, 0.29) is 0 Å². The number of hydrogen-bond donors (Lipinski definition) is 0. The molecule has 0 aromatic carbocycles. The van der Waals surface area contributed by atoms with E-state index in [1.807, 2.05) is 11.1 Å². The third-order valence-electron chi connectivity index (χ3n) is 13.1. The van der Waals surface area contributed by atoms with Crippen molar-refractivity contribution in [1.29, 1.82) is 0 Å². The van der Waals surface area contributed by atoms with Gasteiger partial charge in [-0.3, -0.25) is 0 Å². The smallest absolute Gasteiger partial charge is 0.0333 e. The van der Waals surface area contributed by atoms with Crippen LogP contribution in [-0.2, 0) is 0 Å². The highest BCUT2D eigenvalue weighted by molar-refractivity contribution is 5.33. The second-order valence-corrected chi connectivity index (χ2v) is 15.7. The van der Waals surface area contributed by atoms with Crippen molar-refractivity contribution in [3.05, 3.63) is 71.0 Å². The van der Waals surface area contributed by atoms with Crippen molar-refractivity contribution in [3.63, 3.8) is 0 Å². The molecule has 0 amide bonds. The van der Waals surface area contributed by atoms with Gasteiger partial charge in [0.1, 0.15) is 0 Å². The van der Waals surface area contributed by atoms with E-state index in [1.54, 1.807) is 11.3 Å². The molecule has 2 saturated carbocycles. The molecule has 2 fully saturated rings. The van der Waals surface area contributed by atoms with Gasteiger partial charge in [-0.15, -0.1) is 0 Å². The van der Waals surface area contributed by atoms with Gasteiger partial charge in [0, 0.05) is 17.8 Å². The Kier molecular flexibility index (Phi) is 10.1. The van der Waals surface area contributed by atoms with E-state index in [0.29, 0.717) is 6.04 Å². The van der Waals surface area contributed by atoms with E-state index in [4.69, 9.17) is 0 Å². The van der Waals surface area contributed by atoms with Crippen molar-refractivity contribution in [2.24, 2.45) is 29.6 Å². The Bertz CT molecular complexity index is 1120. The van der Waals surface area contributed by atoms with Gasteiger partial charge in [0.2, 0.25) is 0 Å². The predicted molar refractivity (Wildman–Crippen MR) is 184 cm³/mol. The minimum atomic E-state index is 0.704. The maximum atomic E-state index is 3.07. The molecule has 1 heteroatoms. The van der Waals surface area contributed by atoms with Crippen molar-refractivity contribution in [1.82, 2.24) is 4.90 Å². The lowest BCUT2D eigenvalue weighted by molar-refractivity contribution is 0.137. The van der Waals surface area contributed by atoms with Gasteiger partial charge in [0.05, 0.1) is 0 Å². The molecule has 7 aliphatic carbocycles. The minimum absolute atomic E-state index is 0.704. The molecule has 0 radical (unpaired) electrons. The first-order valence-corrected chi connectivity index (χ1v) is 19.2. The van der Waals surface area contributed by atoms with Crippen LogP contribution in [0.2, 0.25) is 0 Å². The lowest BCUT2D eigenvalue weighted by atomic mass is 9.72. The van der Waals surface area contributed by atoms with Crippen LogP contribution in [0.4, 0.5) is 0 Å². The maximum absolute atomic E-state index is 3.07. The summed E-state index contributed by atoms with van der Waals surface area (Å²) in [5, 5.41) is 0. The molecule has 0 aromatic heterocycles. The lowest BCUT2D eigenvalue weighted by Gasteiger charge is -2.46. The average molecular weight is 580 g/mol. The molecular weight excluding hydrogens is 518 g/mol. The highest BCUT2D eigenvalue weighted by Crippen LogP contribution is 2.45. The van der Waals surface area contributed by atoms with Gasteiger partial charge in [-0.2, -0.15) is 0 Å². The topological polar surface area (TPSA) is 3.24 Å². The van der Waals surface area contributed by atoms with Gasteiger partial charge in [-0.1, -0.05) is 97.8 Å². The average Bonchev–Trinajstić information content (AvgIpc) is 3.10. The quantitative estimate of drug-likeness (QED) is 0.271. The second kappa shape index (κ2) is 14.6. The minimum Gasteiger partial charge on any atom is -0.365 e. The van der Waals surface area contributed by atoms with Gasteiger partial charge >= 0.3 is 0 Å². The third kappa shape index (κ3) is 7.23. The Morgan fingerprint density at radius 3 is 1.86 bits per heavy atom. The highest BCUT2D eigenvalue weighted by atomic mass is 15.2. The predicted octanol–water partition coefficient (Wildman–Crippen LogP) is 11.9. The zero-order valence-electron chi connectivity index (χ0n) is 27.4. The van der Waals surface area contributed by atoms with E-state index >= 15 is 0 Å². The Morgan fingerprint density at radius 2 is 1.21 bits per heavy atom. The van der Waals surface area contributed by atoms with Crippen LogP contribution in [0.1, 0.15) is 148 Å². The Labute approximate surface area is 264 Å². The van der Waals surface area contributed by atoms with Crippen molar-refractivity contribution in [2.45, 2.75) is 160 Å². The van der Waals surface area contributed by atoms with Crippen molar-refractivity contribution >= 4 is 0 Å². The molecule has 0 heterocycles. The number of allylic oxidation sites excluding steroid dienone is 10. The standard InChI is InChI=1S/C42H61N/c1-5-13-32(14-6-1)35-21-23-36(24-22-35)37-25-27-41(28-26-37)43(40-19-11-4-12-20-40)42-30-38(33-15-7-2-8-16-33)29-39(31-42)34-17-9-3-10-18-34/h1-2,5,7,21,25,30-34,36,38,40-41H,3-4,6,8-20,22-24,26-29H2. The molecule has 43 heavy (non-hydrogen) atoms. The van der Waals surface area contributed by atoms with E-state index in [9.17, 15) is 0 Å². The van der Waals surface area contributed by atoms with Crippen LogP contribution >= 0.6 is 0 Å². The van der Waals surface area contributed by atoms with Crippen LogP contribution in [0.5, 0.6) is 0 Å². The molecule has 0 spiro atoms. The highest BCUT2D eigenvalue weighted by Gasteiger charge is 2.35. The first-order chi connectivity index (χ1) is 21.3. The zero-order chi connectivity index (χ0) is 28.8. The maximum Gasteiger partial charge on any atom is 0.0333 e. The molecular formula is C42H61N. The SMILES string of the molecule is C1=CCC(C2=CCC(C3=CCC(N(C4=CC(C5CC=CCC5)CC(C5CCCCC5)=C4)C4CCCCC4)CC3)CC2)CC1. The Hall–Kier alpha value is -1.76. The largest absolute Gasteiger partial charge is 0.365 e. The second-order valence-electron chi connectivity index (χ2n) is 15.7. The first kappa shape index (κ1) is 29.9. The number of rotatable bonds is 7. The third-order valence-corrected chi connectivity index (χ3v) is 13.1. The monoisotopic (exact) mass is 579 g/mol. The fourth-order valence-corrected chi connectivity index (χ4v) is 10.5. The summed E-state index contributed by atoms with van der Waals surface area (Å²) < 4.78 is 0. The normalized spacial score (nSPS) is 34.7.